The molecule has 4 aromatic carbocycles. The fourth-order valence-electron chi connectivity index (χ4n) is 6.38. The van der Waals surface area contributed by atoms with E-state index in [4.69, 9.17) is 0 Å². The van der Waals surface area contributed by atoms with Gasteiger partial charge in [0.2, 0.25) is 0 Å². The average molecular weight is 1020 g/mol. The van der Waals surface area contributed by atoms with E-state index in [9.17, 15) is 0 Å². The third-order valence-corrected chi connectivity index (χ3v) is 9.35. The van der Waals surface area contributed by atoms with Gasteiger partial charge in [-0.2, -0.15) is 58.3 Å². The fraction of sp³-hybridized carbons (Fsp3) is 0.143. The van der Waals surface area contributed by atoms with Crippen LogP contribution in [0.15, 0.2) is 116 Å². The topological polar surface area (TPSA) is 82.3 Å². The van der Waals surface area contributed by atoms with Crippen LogP contribution in [0.3, 0.4) is 0 Å². The summed E-state index contributed by atoms with van der Waals surface area (Å²) in [4.78, 5) is 9.08. The molecule has 0 aliphatic carbocycles. The summed E-state index contributed by atoms with van der Waals surface area (Å²) in [5.41, 5.74) is 8.52. The van der Waals surface area contributed by atoms with Gasteiger partial charge in [-0.3, -0.25) is 0 Å². The summed E-state index contributed by atoms with van der Waals surface area (Å²) >= 11 is 0. The van der Waals surface area contributed by atoms with Crippen LogP contribution >= 0.6 is 0 Å². The zero-order valence-electron chi connectivity index (χ0n) is 28.2. The predicted molar refractivity (Wildman–Crippen MR) is 191 cm³/mol. The van der Waals surface area contributed by atoms with Gasteiger partial charge in [-0.25, -0.2) is 0 Å². The van der Waals surface area contributed by atoms with E-state index in [1.807, 2.05) is 53.1 Å². The molecule has 0 saturated heterocycles. The second-order valence-corrected chi connectivity index (χ2v) is 13.1. The van der Waals surface area contributed by atoms with Crippen LogP contribution < -0.4 is 0 Å². The first-order chi connectivity index (χ1) is 23.8. The van der Waals surface area contributed by atoms with Crippen LogP contribution in [0.2, 0.25) is 0 Å². The summed E-state index contributed by atoms with van der Waals surface area (Å²) in [5, 5.41) is 18.9. The molecule has 0 N–H and O–H groups in total. The molecular weight excluding hydrogens is 993 g/mol. The van der Waals surface area contributed by atoms with Crippen LogP contribution in [0.4, 0.5) is 0 Å². The van der Waals surface area contributed by atoms with E-state index in [2.05, 4.69) is 131 Å². The van der Waals surface area contributed by atoms with Gasteiger partial charge >= 0.3 is 42.1 Å². The Morgan fingerprint density at radius 2 is 0.941 bits per heavy atom. The van der Waals surface area contributed by atoms with Gasteiger partial charge in [0, 0.05) is 12.4 Å². The van der Waals surface area contributed by atoms with E-state index in [1.54, 1.807) is 12.4 Å². The molecule has 8 rings (SSSR count). The quantitative estimate of drug-likeness (QED) is 0.150. The number of nitrogens with zero attached hydrogens (tertiary/aromatic N) is 7. The number of benzene rings is 4. The summed E-state index contributed by atoms with van der Waals surface area (Å²) < 4.78 is 1.96. The minimum absolute atomic E-state index is 0. The summed E-state index contributed by atoms with van der Waals surface area (Å²) in [6.45, 7) is 8.76. The Balaban J connectivity index is 0.00000224. The van der Waals surface area contributed by atoms with Crippen molar-refractivity contribution in [1.29, 1.82) is 0 Å². The normalized spacial score (nSPS) is 11.6. The number of pyridine rings is 2. The molecule has 0 bridgehead atoms. The Labute approximate surface area is 326 Å². The van der Waals surface area contributed by atoms with Gasteiger partial charge in [-0.05, 0) is 34.4 Å². The molecule has 8 aromatic rings. The maximum atomic E-state index is 4.54. The van der Waals surface area contributed by atoms with E-state index in [-0.39, 0.29) is 42.1 Å². The second-order valence-electron chi connectivity index (χ2n) is 13.1. The van der Waals surface area contributed by atoms with Crippen molar-refractivity contribution in [1.82, 2.24) is 34.9 Å². The molecule has 0 aliphatic rings. The molecule has 4 heterocycles. The molecule has 4 aromatic heterocycles. The number of fused-ring (bicyclic) bond motifs is 3. The maximum Gasteiger partial charge on any atom is 2.00 e. The molecule has 254 valence electrons. The molecule has 0 fully saturated rings. The molecule has 7 nitrogen and oxygen atoms in total. The molecular formula is C42H31N7Pt2. The van der Waals surface area contributed by atoms with Gasteiger partial charge in [-0.1, -0.05) is 63.0 Å². The molecule has 0 unspecified atom stereocenters. The van der Waals surface area contributed by atoms with Gasteiger partial charge in [0.05, 0.1) is 0 Å². The summed E-state index contributed by atoms with van der Waals surface area (Å²) in [5.74, 6) is 0.354. The van der Waals surface area contributed by atoms with Crippen molar-refractivity contribution < 1.29 is 42.1 Å². The van der Waals surface area contributed by atoms with Crippen LogP contribution in [0.5, 0.6) is 0 Å². The van der Waals surface area contributed by atoms with Gasteiger partial charge < -0.3 is 14.5 Å². The maximum absolute atomic E-state index is 4.54. The third kappa shape index (κ3) is 6.62. The van der Waals surface area contributed by atoms with E-state index >= 15 is 0 Å². The molecule has 0 amide bonds. The number of hydrogen-bond donors (Lipinski definition) is 0. The zero-order valence-corrected chi connectivity index (χ0v) is 32.8. The van der Waals surface area contributed by atoms with E-state index in [1.165, 1.54) is 6.33 Å². The standard InChI is InChI=1S/C42H31N7.2Pt/c1-41(2,30-13-9-11-28(23-30)36-15-5-7-21-43-36)32-17-19-34-35-20-18-33(26-39(35)49(38(34)25-32)40-47-45-27-46-48-40)42(3,4)31-14-10-12-29(24-31)37-16-6-8-22-44-37;;/h5-22,27H,1-4H3;;/q-4;2*+2. The molecule has 0 saturated carbocycles. The average Bonchev–Trinajstić information content (AvgIpc) is 3.49. The Morgan fingerprint density at radius 3 is 1.37 bits per heavy atom. The predicted octanol–water partition coefficient (Wildman–Crippen LogP) is 8.34. The van der Waals surface area contributed by atoms with Gasteiger partial charge in [0.1, 0.15) is 0 Å². The minimum atomic E-state index is -0.431. The van der Waals surface area contributed by atoms with Crippen molar-refractivity contribution in [3.8, 4) is 28.5 Å². The van der Waals surface area contributed by atoms with E-state index < -0.39 is 10.8 Å². The van der Waals surface area contributed by atoms with Crippen molar-refractivity contribution in [3.05, 3.63) is 162 Å². The van der Waals surface area contributed by atoms with Crippen molar-refractivity contribution >= 4 is 21.8 Å². The molecule has 0 radical (unpaired) electrons. The SMILES string of the molecule is CC(C)(c1[c-]c(-c2ccccn2)ccc1)c1[c-]c2c(cc1)c1ccc(C(C)(C)c3[c-]c(-c4ccccn4)ccc3)[c-]c1n2-c1nncnn1.[Pt+2].[Pt+2]. The number of aromatic nitrogens is 7. The first-order valence-corrected chi connectivity index (χ1v) is 16.1. The van der Waals surface area contributed by atoms with Crippen LogP contribution in [-0.2, 0) is 53.0 Å². The van der Waals surface area contributed by atoms with Crippen molar-refractivity contribution in [2.24, 2.45) is 0 Å². The third-order valence-electron chi connectivity index (χ3n) is 9.35. The molecule has 0 spiro atoms. The van der Waals surface area contributed by atoms with Crippen LogP contribution in [0.1, 0.15) is 49.9 Å². The largest absolute Gasteiger partial charge is 2.00 e. The smallest absolute Gasteiger partial charge is 0.326 e. The van der Waals surface area contributed by atoms with Crippen LogP contribution in [-0.4, -0.2) is 34.9 Å². The number of hydrogen-bond acceptors (Lipinski definition) is 6. The minimum Gasteiger partial charge on any atom is -0.326 e. The van der Waals surface area contributed by atoms with Crippen molar-refractivity contribution in [3.63, 3.8) is 0 Å². The van der Waals surface area contributed by atoms with E-state index in [0.29, 0.717) is 5.95 Å². The van der Waals surface area contributed by atoms with Gasteiger partial charge in [0.25, 0.3) is 5.95 Å². The summed E-state index contributed by atoms with van der Waals surface area (Å²) in [6, 6.07) is 47.6. The number of rotatable bonds is 7. The molecule has 9 heteroatoms. The molecule has 0 atom stereocenters. The van der Waals surface area contributed by atoms with Crippen LogP contribution in [0, 0.1) is 24.3 Å². The first-order valence-electron chi connectivity index (χ1n) is 16.1. The molecule has 51 heavy (non-hydrogen) atoms. The van der Waals surface area contributed by atoms with Gasteiger partial charge in [0.15, 0.2) is 6.33 Å². The fourth-order valence-corrected chi connectivity index (χ4v) is 6.38. The Morgan fingerprint density at radius 1 is 0.490 bits per heavy atom. The Kier molecular flexibility index (Phi) is 10.3. The molecule has 0 aliphatic heterocycles. The first kappa shape index (κ1) is 36.1. The monoisotopic (exact) mass is 1020 g/mol. The van der Waals surface area contributed by atoms with Crippen molar-refractivity contribution in [2.75, 3.05) is 0 Å². The van der Waals surface area contributed by atoms with E-state index in [0.717, 1.165) is 66.6 Å². The summed E-state index contributed by atoms with van der Waals surface area (Å²) in [7, 11) is 0. The van der Waals surface area contributed by atoms with Gasteiger partial charge in [-0.15, -0.1) is 91.2 Å². The zero-order chi connectivity index (χ0) is 33.6. The van der Waals surface area contributed by atoms with Crippen LogP contribution in [0.25, 0.3) is 50.3 Å². The Bertz CT molecular complexity index is 2290. The Hall–Kier alpha value is -4.70. The second kappa shape index (κ2) is 14.5. The van der Waals surface area contributed by atoms with Crippen molar-refractivity contribution in [2.45, 2.75) is 38.5 Å². The summed E-state index contributed by atoms with van der Waals surface area (Å²) in [6.07, 6.45) is 4.94.